The van der Waals surface area contributed by atoms with Crippen molar-refractivity contribution in [2.45, 2.75) is 38.1 Å². The van der Waals surface area contributed by atoms with Crippen LogP contribution < -0.4 is 10.6 Å². The molecule has 2 N–H and O–H groups in total. The fourth-order valence-corrected chi connectivity index (χ4v) is 5.25. The molecule has 1 atom stereocenters. The van der Waals surface area contributed by atoms with E-state index in [0.29, 0.717) is 46.1 Å². The van der Waals surface area contributed by atoms with Crippen LogP contribution in [0.25, 0.3) is 22.2 Å². The number of nitrogens with zero attached hydrogens (tertiary/aromatic N) is 5. The number of amides is 2. The summed E-state index contributed by atoms with van der Waals surface area (Å²) in [5.41, 5.74) is 8.36. The minimum absolute atomic E-state index is 0.0643. The summed E-state index contributed by atoms with van der Waals surface area (Å²) in [6, 6.07) is 5.10. The number of likely N-dealkylation sites (N-methyl/N-ethyl adjacent to an activating group) is 1. The average molecular weight is 423 g/mol. The van der Waals surface area contributed by atoms with Gasteiger partial charge in [0.1, 0.15) is 23.6 Å². The minimum atomic E-state index is -0.398. The van der Waals surface area contributed by atoms with Gasteiger partial charge in [-0.25, -0.2) is 19.2 Å². The van der Waals surface area contributed by atoms with Gasteiger partial charge in [-0.2, -0.15) is 0 Å². The molecule has 31 heavy (non-hydrogen) atoms. The molecule has 7 nitrogen and oxygen atoms in total. The third-order valence-electron chi connectivity index (χ3n) is 6.93. The molecule has 1 saturated carbocycles. The zero-order valence-electron chi connectivity index (χ0n) is 17.9. The van der Waals surface area contributed by atoms with Gasteiger partial charge >= 0.3 is 6.03 Å². The first-order valence-electron chi connectivity index (χ1n) is 10.9. The minimum Gasteiger partial charge on any atom is -0.383 e. The van der Waals surface area contributed by atoms with E-state index in [1.807, 2.05) is 35.8 Å². The first-order valence-corrected chi connectivity index (χ1v) is 10.9. The number of benzene rings is 1. The van der Waals surface area contributed by atoms with Gasteiger partial charge in [0.05, 0.1) is 11.4 Å². The molecular formula is C23H27FN6O. The lowest BCUT2D eigenvalue weighted by molar-refractivity contribution is 0.184. The molecule has 1 aromatic carbocycles. The Morgan fingerprint density at radius 3 is 2.61 bits per heavy atom. The van der Waals surface area contributed by atoms with E-state index in [2.05, 4.69) is 9.97 Å². The number of rotatable bonds is 3. The summed E-state index contributed by atoms with van der Waals surface area (Å²) in [4.78, 5) is 24.8. The smallest absolute Gasteiger partial charge is 0.324 e. The lowest BCUT2D eigenvalue weighted by Gasteiger charge is -2.30. The number of hydrogen-bond donors (Lipinski definition) is 1. The van der Waals surface area contributed by atoms with E-state index < -0.39 is 5.82 Å². The van der Waals surface area contributed by atoms with Crippen LogP contribution in [0.2, 0.25) is 0 Å². The Hall–Kier alpha value is -3.16. The Morgan fingerprint density at radius 2 is 1.87 bits per heavy atom. The van der Waals surface area contributed by atoms with E-state index in [4.69, 9.17) is 5.73 Å². The predicted octanol–water partition coefficient (Wildman–Crippen LogP) is 4.18. The maximum absolute atomic E-state index is 15.3. The summed E-state index contributed by atoms with van der Waals surface area (Å²) in [6.07, 6.45) is 9.26. The Kier molecular flexibility index (Phi) is 4.79. The number of anilines is 2. The van der Waals surface area contributed by atoms with Gasteiger partial charge in [0.15, 0.2) is 0 Å². The van der Waals surface area contributed by atoms with Crippen molar-refractivity contribution in [3.8, 4) is 11.1 Å². The van der Waals surface area contributed by atoms with Crippen LogP contribution in [-0.2, 0) is 7.05 Å². The molecule has 162 valence electrons. The standard InChI is InChI=1S/C23H27FN6O/c1-28-11-17(20-21(25)26-13-27-22(20)28)16-9-8-15(10-18(16)24)30-12-19(29(2)23(30)31)14-6-4-3-5-7-14/h8-11,13-14,19H,3-7,12H2,1-2H3,(H2,25,26,27). The molecule has 2 aliphatic rings. The van der Waals surface area contributed by atoms with E-state index in [1.54, 1.807) is 11.0 Å². The second kappa shape index (κ2) is 7.51. The number of nitrogen functional groups attached to an aromatic ring is 1. The Morgan fingerprint density at radius 1 is 1.10 bits per heavy atom. The summed E-state index contributed by atoms with van der Waals surface area (Å²) < 4.78 is 17.1. The molecule has 3 aromatic rings. The van der Waals surface area contributed by atoms with Crippen LogP contribution in [0, 0.1) is 11.7 Å². The van der Waals surface area contributed by atoms with Crippen LogP contribution >= 0.6 is 0 Å². The van der Waals surface area contributed by atoms with Crippen molar-refractivity contribution in [3.05, 3.63) is 36.5 Å². The van der Waals surface area contributed by atoms with Gasteiger partial charge in [0.2, 0.25) is 0 Å². The zero-order valence-corrected chi connectivity index (χ0v) is 17.9. The third kappa shape index (κ3) is 3.21. The average Bonchev–Trinajstić information content (AvgIpc) is 3.26. The van der Waals surface area contributed by atoms with Crippen LogP contribution in [0.1, 0.15) is 32.1 Å². The highest BCUT2D eigenvalue weighted by Crippen LogP contribution is 2.37. The van der Waals surface area contributed by atoms with Crippen LogP contribution in [0.5, 0.6) is 0 Å². The molecule has 1 aliphatic heterocycles. The van der Waals surface area contributed by atoms with Crippen LogP contribution in [0.4, 0.5) is 20.7 Å². The van der Waals surface area contributed by atoms with Crippen molar-refractivity contribution in [1.29, 1.82) is 0 Å². The first-order chi connectivity index (χ1) is 15.0. The number of nitrogens with two attached hydrogens (primary N) is 1. The normalized spacial score (nSPS) is 20.2. The quantitative estimate of drug-likeness (QED) is 0.687. The highest BCUT2D eigenvalue weighted by molar-refractivity contribution is 6.01. The third-order valence-corrected chi connectivity index (χ3v) is 6.93. The highest BCUT2D eigenvalue weighted by atomic mass is 19.1. The van der Waals surface area contributed by atoms with E-state index in [9.17, 15) is 4.79 Å². The second-order valence-electron chi connectivity index (χ2n) is 8.74. The number of aromatic nitrogens is 3. The maximum Gasteiger partial charge on any atom is 0.324 e. The van der Waals surface area contributed by atoms with E-state index >= 15 is 4.39 Å². The lowest BCUT2D eigenvalue weighted by Crippen LogP contribution is -2.36. The topological polar surface area (TPSA) is 80.3 Å². The molecule has 1 saturated heterocycles. The van der Waals surface area contributed by atoms with E-state index in [0.717, 1.165) is 12.8 Å². The van der Waals surface area contributed by atoms with Crippen molar-refractivity contribution in [3.63, 3.8) is 0 Å². The van der Waals surface area contributed by atoms with Crippen molar-refractivity contribution in [2.24, 2.45) is 13.0 Å². The van der Waals surface area contributed by atoms with Crippen molar-refractivity contribution < 1.29 is 9.18 Å². The monoisotopic (exact) mass is 422 g/mol. The summed E-state index contributed by atoms with van der Waals surface area (Å²) in [6.45, 7) is 0.605. The van der Waals surface area contributed by atoms with Gasteiger partial charge in [-0.15, -0.1) is 0 Å². The van der Waals surface area contributed by atoms with Crippen molar-refractivity contribution in [1.82, 2.24) is 19.4 Å². The molecule has 8 heteroatoms. The molecule has 3 heterocycles. The number of halogens is 1. The van der Waals surface area contributed by atoms with Crippen LogP contribution in [0.3, 0.4) is 0 Å². The summed E-state index contributed by atoms with van der Waals surface area (Å²) in [5.74, 6) is 0.441. The summed E-state index contributed by atoms with van der Waals surface area (Å²) in [5, 5.41) is 0.631. The molecule has 0 spiro atoms. The number of fused-ring (bicyclic) bond motifs is 1. The van der Waals surface area contributed by atoms with Crippen LogP contribution in [-0.4, -0.2) is 45.1 Å². The van der Waals surface area contributed by atoms with E-state index in [1.165, 1.54) is 31.7 Å². The largest absolute Gasteiger partial charge is 0.383 e. The fourth-order valence-electron chi connectivity index (χ4n) is 5.25. The molecular weight excluding hydrogens is 395 g/mol. The SMILES string of the molecule is CN1C(=O)N(c2ccc(-c3cn(C)c4ncnc(N)c34)c(F)c2)CC1C1CCCCC1. The van der Waals surface area contributed by atoms with Gasteiger partial charge in [-0.1, -0.05) is 19.3 Å². The first kappa shape index (κ1) is 19.8. The Bertz CT molecular complexity index is 1150. The number of aryl methyl sites for hydroxylation is 1. The molecule has 0 radical (unpaired) electrons. The van der Waals surface area contributed by atoms with Gasteiger partial charge in [0.25, 0.3) is 0 Å². The molecule has 2 aromatic heterocycles. The van der Waals surface area contributed by atoms with Gasteiger partial charge in [-0.3, -0.25) is 4.90 Å². The summed E-state index contributed by atoms with van der Waals surface area (Å²) in [7, 11) is 3.71. The molecule has 5 rings (SSSR count). The zero-order chi connectivity index (χ0) is 21.7. The van der Waals surface area contributed by atoms with Crippen molar-refractivity contribution >= 4 is 28.6 Å². The Balaban J connectivity index is 1.47. The molecule has 1 aliphatic carbocycles. The van der Waals surface area contributed by atoms with Crippen molar-refractivity contribution in [2.75, 3.05) is 24.2 Å². The second-order valence-corrected chi connectivity index (χ2v) is 8.74. The lowest BCUT2D eigenvalue weighted by atomic mass is 9.84. The number of hydrogen-bond acceptors (Lipinski definition) is 4. The van der Waals surface area contributed by atoms with Gasteiger partial charge < -0.3 is 15.2 Å². The van der Waals surface area contributed by atoms with Gasteiger partial charge in [-0.05, 0) is 37.0 Å². The number of carbonyl (C=O) groups excluding carboxylic acids is 1. The Labute approximate surface area is 180 Å². The summed E-state index contributed by atoms with van der Waals surface area (Å²) >= 11 is 0. The maximum atomic E-state index is 15.3. The molecule has 2 fully saturated rings. The van der Waals surface area contributed by atoms with E-state index in [-0.39, 0.29) is 12.1 Å². The highest BCUT2D eigenvalue weighted by Gasteiger charge is 2.40. The fraction of sp³-hybridized carbons (Fsp3) is 0.435. The predicted molar refractivity (Wildman–Crippen MR) is 119 cm³/mol. The number of carbonyl (C=O) groups is 1. The molecule has 0 bridgehead atoms. The number of urea groups is 1. The van der Waals surface area contributed by atoms with Gasteiger partial charge in [0, 0.05) is 43.7 Å². The molecule has 2 amide bonds. The molecule has 1 unspecified atom stereocenters. The van der Waals surface area contributed by atoms with Crippen LogP contribution in [0.15, 0.2) is 30.7 Å².